The van der Waals surface area contributed by atoms with E-state index in [2.05, 4.69) is 0 Å². The minimum Gasteiger partial charge on any atom is -0.300 e. The first-order chi connectivity index (χ1) is 7.40. The van der Waals surface area contributed by atoms with Crippen LogP contribution in [0.1, 0.15) is 24.8 Å². The van der Waals surface area contributed by atoms with Gasteiger partial charge in [0.1, 0.15) is 11.6 Å². The van der Waals surface area contributed by atoms with Gasteiger partial charge in [0.15, 0.2) is 9.84 Å². The van der Waals surface area contributed by atoms with Crippen LogP contribution in [0.15, 0.2) is 23.1 Å². The molecule has 1 aromatic carbocycles. The smallest absolute Gasteiger partial charge is 0.179 e. The van der Waals surface area contributed by atoms with E-state index in [1.165, 1.54) is 19.1 Å². The zero-order valence-electron chi connectivity index (χ0n) is 8.73. The number of sulfone groups is 1. The third-order valence-corrected chi connectivity index (χ3v) is 4.58. The molecule has 0 fully saturated rings. The van der Waals surface area contributed by atoms with Gasteiger partial charge in [-0.3, -0.25) is 0 Å². The number of fused-ring (bicyclic) bond motifs is 1. The van der Waals surface area contributed by atoms with Gasteiger partial charge in [0.25, 0.3) is 0 Å². The summed E-state index contributed by atoms with van der Waals surface area (Å²) >= 11 is 0. The van der Waals surface area contributed by atoms with Crippen molar-refractivity contribution >= 4 is 15.6 Å². The molecule has 0 bridgehead atoms. The molecule has 0 spiro atoms. The topological polar surface area (TPSA) is 51.2 Å². The third kappa shape index (κ3) is 1.87. The second-order valence-electron chi connectivity index (χ2n) is 4.07. The van der Waals surface area contributed by atoms with Crippen LogP contribution in [-0.4, -0.2) is 20.0 Å². The molecule has 16 heavy (non-hydrogen) atoms. The molecule has 1 aliphatic rings. The second-order valence-corrected chi connectivity index (χ2v) is 6.07. The lowest BCUT2D eigenvalue weighted by atomic mass is 9.96. The summed E-state index contributed by atoms with van der Waals surface area (Å²) in [6.45, 7) is 1.41. The van der Waals surface area contributed by atoms with Crippen molar-refractivity contribution in [2.24, 2.45) is 0 Å². The Hall–Kier alpha value is -1.23. The number of hydrogen-bond donors (Lipinski definition) is 0. The molecular weight excluding hydrogens is 231 g/mol. The molecule has 1 heterocycles. The van der Waals surface area contributed by atoms with Gasteiger partial charge in [0.05, 0.1) is 10.6 Å². The highest BCUT2D eigenvalue weighted by Gasteiger charge is 2.35. The number of rotatable bonds is 2. The third-order valence-electron chi connectivity index (χ3n) is 2.70. The van der Waals surface area contributed by atoms with Crippen LogP contribution < -0.4 is 0 Å². The largest absolute Gasteiger partial charge is 0.300 e. The van der Waals surface area contributed by atoms with Crippen LogP contribution in [0.25, 0.3) is 0 Å². The Bertz CT molecular complexity index is 548. The lowest BCUT2D eigenvalue weighted by molar-refractivity contribution is -0.117. The van der Waals surface area contributed by atoms with Crippen LogP contribution in [0.3, 0.4) is 0 Å². The molecule has 0 N–H and O–H groups in total. The van der Waals surface area contributed by atoms with E-state index < -0.39 is 21.6 Å². The van der Waals surface area contributed by atoms with Gasteiger partial charge in [-0.05, 0) is 30.7 Å². The van der Waals surface area contributed by atoms with Gasteiger partial charge >= 0.3 is 0 Å². The summed E-state index contributed by atoms with van der Waals surface area (Å²) in [6, 6.07) is 3.63. The normalized spacial score (nSPS) is 21.8. The van der Waals surface area contributed by atoms with Crippen LogP contribution in [0, 0.1) is 5.82 Å². The number of carbonyl (C=O) groups is 1. The van der Waals surface area contributed by atoms with Gasteiger partial charge in [-0.1, -0.05) is 0 Å². The minimum absolute atomic E-state index is 0.0858. The first-order valence-electron chi connectivity index (χ1n) is 4.92. The van der Waals surface area contributed by atoms with Crippen molar-refractivity contribution in [1.82, 2.24) is 0 Å². The lowest BCUT2D eigenvalue weighted by Gasteiger charge is -2.06. The highest BCUT2D eigenvalue weighted by atomic mass is 32.2. The second kappa shape index (κ2) is 3.66. The zero-order valence-corrected chi connectivity index (χ0v) is 9.55. The van der Waals surface area contributed by atoms with Crippen molar-refractivity contribution in [2.75, 3.05) is 5.75 Å². The summed E-state index contributed by atoms with van der Waals surface area (Å²) in [6.07, 6.45) is 0.148. The molecule has 0 saturated carbocycles. The van der Waals surface area contributed by atoms with Gasteiger partial charge in [-0.15, -0.1) is 0 Å². The Morgan fingerprint density at radius 1 is 1.50 bits per heavy atom. The molecule has 5 heteroatoms. The molecule has 1 atom stereocenters. The van der Waals surface area contributed by atoms with Crippen LogP contribution in [-0.2, 0) is 14.6 Å². The first kappa shape index (κ1) is 11.3. The molecule has 0 aromatic heterocycles. The summed E-state index contributed by atoms with van der Waals surface area (Å²) < 4.78 is 36.5. The molecule has 3 nitrogen and oxygen atoms in total. The summed E-state index contributed by atoms with van der Waals surface area (Å²) in [5, 5.41) is 0. The molecule has 2 rings (SSSR count). The standard InChI is InChI=1S/C11H11FO3S/c1-7(13)4-8-6-16(14,15)11-3-2-9(12)5-10(8)11/h2-3,5,8H,4,6H2,1H3. The molecule has 86 valence electrons. The number of halogens is 1. The highest BCUT2D eigenvalue weighted by Crippen LogP contribution is 2.37. The number of carbonyl (C=O) groups excluding carboxylic acids is 1. The summed E-state index contributed by atoms with van der Waals surface area (Å²) in [5.74, 6) is -1.04. The van der Waals surface area contributed by atoms with E-state index in [1.807, 2.05) is 0 Å². The van der Waals surface area contributed by atoms with Crippen molar-refractivity contribution < 1.29 is 17.6 Å². The Labute approximate surface area is 93.2 Å². The van der Waals surface area contributed by atoms with Crippen LogP contribution in [0.2, 0.25) is 0 Å². The van der Waals surface area contributed by atoms with Gasteiger partial charge in [0.2, 0.25) is 0 Å². The number of Topliss-reactive ketones (excluding diaryl/α,β-unsaturated/α-hetero) is 1. The van der Waals surface area contributed by atoms with Crippen molar-refractivity contribution in [1.29, 1.82) is 0 Å². The molecule has 0 radical (unpaired) electrons. The van der Waals surface area contributed by atoms with Gasteiger partial charge in [-0.2, -0.15) is 0 Å². The van der Waals surface area contributed by atoms with E-state index in [1.54, 1.807) is 0 Å². The highest BCUT2D eigenvalue weighted by molar-refractivity contribution is 7.91. The molecular formula is C11H11FO3S. The lowest BCUT2D eigenvalue weighted by Crippen LogP contribution is -2.07. The maximum absolute atomic E-state index is 13.0. The number of benzene rings is 1. The number of hydrogen-bond acceptors (Lipinski definition) is 3. The number of ketones is 1. The van der Waals surface area contributed by atoms with Crippen molar-refractivity contribution in [2.45, 2.75) is 24.2 Å². The fraction of sp³-hybridized carbons (Fsp3) is 0.364. The molecule has 1 unspecified atom stereocenters. The van der Waals surface area contributed by atoms with Crippen molar-refractivity contribution in [3.8, 4) is 0 Å². The molecule has 0 aliphatic carbocycles. The predicted octanol–water partition coefficient (Wildman–Crippen LogP) is 1.68. The van der Waals surface area contributed by atoms with E-state index in [-0.39, 0.29) is 22.9 Å². The van der Waals surface area contributed by atoms with Crippen molar-refractivity contribution in [3.05, 3.63) is 29.6 Å². The predicted molar refractivity (Wildman–Crippen MR) is 56.5 cm³/mol. The Morgan fingerprint density at radius 3 is 2.81 bits per heavy atom. The Balaban J connectivity index is 2.52. The molecule has 0 saturated heterocycles. The fourth-order valence-electron chi connectivity index (χ4n) is 2.08. The first-order valence-corrected chi connectivity index (χ1v) is 6.57. The van der Waals surface area contributed by atoms with Crippen LogP contribution >= 0.6 is 0 Å². The van der Waals surface area contributed by atoms with Crippen LogP contribution in [0.4, 0.5) is 4.39 Å². The SMILES string of the molecule is CC(=O)CC1CS(=O)(=O)c2ccc(F)cc21. The summed E-state index contributed by atoms with van der Waals surface area (Å²) in [5.41, 5.74) is 0.440. The van der Waals surface area contributed by atoms with E-state index in [0.29, 0.717) is 5.56 Å². The average molecular weight is 242 g/mol. The monoisotopic (exact) mass is 242 g/mol. The van der Waals surface area contributed by atoms with Gasteiger partial charge in [-0.25, -0.2) is 12.8 Å². The maximum Gasteiger partial charge on any atom is 0.179 e. The van der Waals surface area contributed by atoms with E-state index in [9.17, 15) is 17.6 Å². The van der Waals surface area contributed by atoms with Gasteiger partial charge in [0, 0.05) is 12.3 Å². The fourth-order valence-corrected chi connectivity index (χ4v) is 3.95. The Kier molecular flexibility index (Phi) is 2.58. The minimum atomic E-state index is -3.34. The Morgan fingerprint density at radius 2 is 2.19 bits per heavy atom. The van der Waals surface area contributed by atoms with Crippen LogP contribution in [0.5, 0.6) is 0 Å². The average Bonchev–Trinajstić information content (AvgIpc) is 2.37. The van der Waals surface area contributed by atoms with Gasteiger partial charge < -0.3 is 4.79 Å². The molecule has 0 amide bonds. The summed E-state index contributed by atoms with van der Waals surface area (Å²) in [7, 11) is -3.34. The quantitative estimate of drug-likeness (QED) is 0.741. The maximum atomic E-state index is 13.0. The summed E-state index contributed by atoms with van der Waals surface area (Å²) in [4.78, 5) is 11.2. The zero-order chi connectivity index (χ0) is 11.9. The van der Waals surface area contributed by atoms with E-state index >= 15 is 0 Å². The van der Waals surface area contributed by atoms with Crippen molar-refractivity contribution in [3.63, 3.8) is 0 Å². The van der Waals surface area contributed by atoms with E-state index in [4.69, 9.17) is 0 Å². The molecule has 1 aliphatic heterocycles. The molecule has 1 aromatic rings. The van der Waals surface area contributed by atoms with E-state index in [0.717, 1.165) is 6.07 Å².